The number of rotatable bonds is 5. The van der Waals surface area contributed by atoms with Gasteiger partial charge in [-0.25, -0.2) is 8.42 Å². The van der Waals surface area contributed by atoms with E-state index in [2.05, 4.69) is 5.32 Å². The summed E-state index contributed by atoms with van der Waals surface area (Å²) in [5, 5.41) is 4.64. The third-order valence-electron chi connectivity index (χ3n) is 3.37. The Balaban J connectivity index is 1.94. The molecule has 116 valence electrons. The molecule has 0 unspecified atom stereocenters. The minimum atomic E-state index is -3.38. The predicted octanol–water partition coefficient (Wildman–Crippen LogP) is 2.93. The monoisotopic (exact) mass is 336 g/mol. The summed E-state index contributed by atoms with van der Waals surface area (Å²) in [6.07, 6.45) is 2.89. The molecular formula is C15H16N2O3S2. The lowest BCUT2D eigenvalue weighted by atomic mass is 10.2. The Morgan fingerprint density at radius 1 is 1.23 bits per heavy atom. The topological polar surface area (TPSA) is 66.5 Å². The molecule has 1 aliphatic carbocycles. The maximum absolute atomic E-state index is 12.2. The second-order valence-corrected chi connectivity index (χ2v) is 8.05. The lowest BCUT2D eigenvalue weighted by Crippen LogP contribution is -2.32. The Labute approximate surface area is 133 Å². The van der Waals surface area contributed by atoms with Gasteiger partial charge in [0, 0.05) is 6.04 Å². The van der Waals surface area contributed by atoms with Crippen LogP contribution in [-0.2, 0) is 10.0 Å². The van der Waals surface area contributed by atoms with Crippen molar-refractivity contribution in [3.63, 3.8) is 0 Å². The fourth-order valence-corrected chi connectivity index (χ4v) is 4.21. The van der Waals surface area contributed by atoms with E-state index in [1.165, 1.54) is 21.9 Å². The molecule has 1 amide bonds. The highest BCUT2D eigenvalue weighted by Gasteiger charge is 2.36. The third-order valence-corrected chi connectivity index (χ3v) is 5.45. The van der Waals surface area contributed by atoms with Crippen LogP contribution in [0.5, 0.6) is 0 Å². The molecule has 0 bridgehead atoms. The van der Waals surface area contributed by atoms with Crippen molar-refractivity contribution in [1.82, 2.24) is 0 Å². The Hall–Kier alpha value is -1.86. The Bertz CT molecular complexity index is 781. The van der Waals surface area contributed by atoms with Gasteiger partial charge in [-0.15, -0.1) is 11.3 Å². The number of sulfonamides is 1. The molecular weight excluding hydrogens is 320 g/mol. The van der Waals surface area contributed by atoms with Crippen molar-refractivity contribution < 1.29 is 13.2 Å². The first-order valence-corrected chi connectivity index (χ1v) is 9.63. The van der Waals surface area contributed by atoms with Gasteiger partial charge in [0.2, 0.25) is 10.0 Å². The standard InChI is InChI=1S/C15H16N2O3S2/c1-22(19,20)17(11-8-9-11)13-6-3-2-5-12(13)16-15(18)14-7-4-10-21-14/h2-7,10-11H,8-9H2,1H3,(H,16,18). The molecule has 0 radical (unpaired) electrons. The highest BCUT2D eigenvalue weighted by atomic mass is 32.2. The van der Waals surface area contributed by atoms with Crippen molar-refractivity contribution in [3.05, 3.63) is 46.7 Å². The minimum absolute atomic E-state index is 0.00482. The van der Waals surface area contributed by atoms with Gasteiger partial charge in [-0.3, -0.25) is 9.10 Å². The molecule has 1 saturated carbocycles. The molecule has 3 rings (SSSR count). The fourth-order valence-electron chi connectivity index (χ4n) is 2.32. The number of hydrogen-bond donors (Lipinski definition) is 1. The van der Waals surface area contributed by atoms with Crippen LogP contribution in [0.15, 0.2) is 41.8 Å². The molecule has 1 aromatic heterocycles. The van der Waals surface area contributed by atoms with E-state index in [-0.39, 0.29) is 11.9 Å². The molecule has 2 aromatic rings. The van der Waals surface area contributed by atoms with Gasteiger partial charge in [0.25, 0.3) is 5.91 Å². The maximum Gasteiger partial charge on any atom is 0.265 e. The first kappa shape index (κ1) is 15.1. The van der Waals surface area contributed by atoms with E-state index in [4.69, 9.17) is 0 Å². The average molecular weight is 336 g/mol. The van der Waals surface area contributed by atoms with Crippen LogP contribution in [0.4, 0.5) is 11.4 Å². The van der Waals surface area contributed by atoms with E-state index in [1.54, 1.807) is 36.4 Å². The molecule has 0 atom stereocenters. The number of thiophene rings is 1. The lowest BCUT2D eigenvalue weighted by Gasteiger charge is -2.24. The lowest BCUT2D eigenvalue weighted by molar-refractivity contribution is 0.103. The maximum atomic E-state index is 12.2. The van der Waals surface area contributed by atoms with Gasteiger partial charge in [-0.2, -0.15) is 0 Å². The number of nitrogens with zero attached hydrogens (tertiary/aromatic N) is 1. The summed E-state index contributed by atoms with van der Waals surface area (Å²) < 4.78 is 25.6. The summed E-state index contributed by atoms with van der Waals surface area (Å²) in [5.74, 6) is -0.230. The summed E-state index contributed by atoms with van der Waals surface area (Å²) in [6.45, 7) is 0. The van der Waals surface area contributed by atoms with Crippen LogP contribution in [0.2, 0.25) is 0 Å². The SMILES string of the molecule is CS(=O)(=O)N(c1ccccc1NC(=O)c1cccs1)C1CC1. The smallest absolute Gasteiger partial charge is 0.265 e. The van der Waals surface area contributed by atoms with Crippen molar-refractivity contribution in [2.75, 3.05) is 15.9 Å². The summed E-state index contributed by atoms with van der Waals surface area (Å²) in [5.41, 5.74) is 1.04. The number of para-hydroxylation sites is 2. The first-order chi connectivity index (χ1) is 10.5. The zero-order valence-electron chi connectivity index (χ0n) is 12.0. The summed E-state index contributed by atoms with van der Waals surface area (Å²) in [6, 6.07) is 10.5. The molecule has 0 spiro atoms. The molecule has 0 aliphatic heterocycles. The number of carbonyl (C=O) groups excluding carboxylic acids is 1. The van der Waals surface area contributed by atoms with E-state index in [1.807, 2.05) is 5.38 Å². The van der Waals surface area contributed by atoms with Gasteiger partial charge in [0.1, 0.15) is 0 Å². The number of amides is 1. The molecule has 7 heteroatoms. The van der Waals surface area contributed by atoms with Gasteiger partial charge in [-0.05, 0) is 36.4 Å². The van der Waals surface area contributed by atoms with Crippen LogP contribution in [-0.4, -0.2) is 26.6 Å². The van der Waals surface area contributed by atoms with Crippen LogP contribution in [0.25, 0.3) is 0 Å². The van der Waals surface area contributed by atoms with E-state index in [0.717, 1.165) is 12.8 Å². The van der Waals surface area contributed by atoms with E-state index < -0.39 is 10.0 Å². The fraction of sp³-hybridized carbons (Fsp3) is 0.267. The molecule has 1 aliphatic rings. The largest absolute Gasteiger partial charge is 0.319 e. The van der Waals surface area contributed by atoms with Gasteiger partial charge >= 0.3 is 0 Å². The van der Waals surface area contributed by atoms with Crippen LogP contribution in [0, 0.1) is 0 Å². The molecule has 1 fully saturated rings. The molecule has 1 aromatic carbocycles. The number of hydrogen-bond acceptors (Lipinski definition) is 4. The second-order valence-electron chi connectivity index (χ2n) is 5.24. The average Bonchev–Trinajstić information content (AvgIpc) is 3.11. The first-order valence-electron chi connectivity index (χ1n) is 6.90. The summed E-state index contributed by atoms with van der Waals surface area (Å²) in [7, 11) is -3.38. The summed E-state index contributed by atoms with van der Waals surface area (Å²) >= 11 is 1.34. The minimum Gasteiger partial charge on any atom is -0.319 e. The van der Waals surface area contributed by atoms with E-state index in [0.29, 0.717) is 16.3 Å². The van der Waals surface area contributed by atoms with Gasteiger partial charge < -0.3 is 5.32 Å². The van der Waals surface area contributed by atoms with Crippen molar-refractivity contribution in [2.45, 2.75) is 18.9 Å². The normalized spacial score (nSPS) is 14.6. The zero-order chi connectivity index (χ0) is 15.7. The quantitative estimate of drug-likeness (QED) is 0.913. The third kappa shape index (κ3) is 3.15. The Kier molecular flexibility index (Phi) is 3.92. The molecule has 5 nitrogen and oxygen atoms in total. The van der Waals surface area contributed by atoms with Crippen molar-refractivity contribution in [3.8, 4) is 0 Å². The van der Waals surface area contributed by atoms with Gasteiger partial charge in [0.15, 0.2) is 0 Å². The second kappa shape index (κ2) is 5.73. The van der Waals surface area contributed by atoms with Crippen LogP contribution >= 0.6 is 11.3 Å². The molecule has 1 heterocycles. The van der Waals surface area contributed by atoms with Crippen LogP contribution in [0.1, 0.15) is 22.5 Å². The van der Waals surface area contributed by atoms with Crippen molar-refractivity contribution in [2.24, 2.45) is 0 Å². The number of carbonyl (C=O) groups is 1. The van der Waals surface area contributed by atoms with E-state index in [9.17, 15) is 13.2 Å². The van der Waals surface area contributed by atoms with Crippen molar-refractivity contribution in [1.29, 1.82) is 0 Å². The number of anilines is 2. The van der Waals surface area contributed by atoms with Gasteiger partial charge in [0.05, 0.1) is 22.5 Å². The molecule has 22 heavy (non-hydrogen) atoms. The Morgan fingerprint density at radius 3 is 2.55 bits per heavy atom. The van der Waals surface area contributed by atoms with Crippen LogP contribution in [0.3, 0.4) is 0 Å². The van der Waals surface area contributed by atoms with Crippen LogP contribution < -0.4 is 9.62 Å². The van der Waals surface area contributed by atoms with Gasteiger partial charge in [-0.1, -0.05) is 18.2 Å². The molecule has 1 N–H and O–H groups in total. The summed E-state index contributed by atoms with van der Waals surface area (Å²) in [4.78, 5) is 12.8. The molecule has 0 saturated heterocycles. The highest BCUT2D eigenvalue weighted by molar-refractivity contribution is 7.92. The number of benzene rings is 1. The predicted molar refractivity (Wildman–Crippen MR) is 89.1 cm³/mol. The highest BCUT2D eigenvalue weighted by Crippen LogP contribution is 2.37. The number of nitrogens with one attached hydrogen (secondary N) is 1. The Morgan fingerprint density at radius 2 is 1.95 bits per heavy atom. The van der Waals surface area contributed by atoms with E-state index >= 15 is 0 Å². The zero-order valence-corrected chi connectivity index (χ0v) is 13.7. The van der Waals surface area contributed by atoms with Crippen molar-refractivity contribution >= 4 is 38.6 Å².